The summed E-state index contributed by atoms with van der Waals surface area (Å²) in [5, 5.41) is 3.70. The van der Waals surface area contributed by atoms with Crippen LogP contribution in [0.3, 0.4) is 0 Å². The van der Waals surface area contributed by atoms with E-state index in [4.69, 9.17) is 4.74 Å². The monoisotopic (exact) mass is 239 g/mol. The first-order valence-corrected chi connectivity index (χ1v) is 7.67. The average Bonchev–Trinajstić information content (AvgIpc) is 2.41. The highest BCUT2D eigenvalue weighted by atomic mass is 16.5. The molecule has 2 fully saturated rings. The fraction of sp³-hybridized carbons (Fsp3) is 1.00. The Labute approximate surface area is 107 Å². The minimum Gasteiger partial charge on any atom is -0.381 e. The predicted octanol–water partition coefficient (Wildman–Crippen LogP) is 3.22. The van der Waals surface area contributed by atoms with E-state index >= 15 is 0 Å². The van der Waals surface area contributed by atoms with Gasteiger partial charge in [-0.25, -0.2) is 0 Å². The van der Waals surface area contributed by atoms with Crippen LogP contribution >= 0.6 is 0 Å². The molecule has 0 spiro atoms. The molecule has 1 aliphatic heterocycles. The smallest absolute Gasteiger partial charge is 0.0469 e. The second kappa shape index (κ2) is 7.38. The Morgan fingerprint density at radius 1 is 0.824 bits per heavy atom. The highest BCUT2D eigenvalue weighted by Crippen LogP contribution is 2.30. The Balaban J connectivity index is 1.53. The van der Waals surface area contributed by atoms with Crippen molar-refractivity contribution in [3.63, 3.8) is 0 Å². The van der Waals surface area contributed by atoms with Crippen LogP contribution < -0.4 is 5.32 Å². The van der Waals surface area contributed by atoms with E-state index in [1.54, 1.807) is 0 Å². The molecule has 0 unspecified atom stereocenters. The molecule has 2 rings (SSSR count). The third kappa shape index (κ3) is 4.59. The van der Waals surface area contributed by atoms with Crippen molar-refractivity contribution >= 4 is 0 Å². The van der Waals surface area contributed by atoms with Gasteiger partial charge in [0.25, 0.3) is 0 Å². The topological polar surface area (TPSA) is 21.3 Å². The zero-order valence-electron chi connectivity index (χ0n) is 11.4. The molecule has 100 valence electrons. The van der Waals surface area contributed by atoms with Gasteiger partial charge in [-0.05, 0) is 56.5 Å². The van der Waals surface area contributed by atoms with Crippen LogP contribution in [0.15, 0.2) is 0 Å². The molecule has 0 aromatic heterocycles. The summed E-state index contributed by atoms with van der Waals surface area (Å²) in [6.07, 6.45) is 9.77. The lowest BCUT2D eigenvalue weighted by Gasteiger charge is -2.29. The summed E-state index contributed by atoms with van der Waals surface area (Å²) in [7, 11) is 0. The van der Waals surface area contributed by atoms with Gasteiger partial charge in [-0.3, -0.25) is 0 Å². The maximum Gasteiger partial charge on any atom is 0.0469 e. The lowest BCUT2D eigenvalue weighted by molar-refractivity contribution is 0.0658. The van der Waals surface area contributed by atoms with Crippen molar-refractivity contribution < 1.29 is 4.74 Å². The van der Waals surface area contributed by atoms with Crippen LogP contribution in [-0.4, -0.2) is 26.3 Å². The Morgan fingerprint density at radius 3 is 1.94 bits per heavy atom. The van der Waals surface area contributed by atoms with Crippen LogP contribution in [-0.2, 0) is 4.74 Å². The second-order valence-corrected chi connectivity index (χ2v) is 6.01. The summed E-state index contributed by atoms with van der Waals surface area (Å²) in [6.45, 7) is 6.78. The Bertz CT molecular complexity index is 193. The van der Waals surface area contributed by atoms with Crippen LogP contribution in [0.2, 0.25) is 0 Å². The number of nitrogens with one attached hydrogen (secondary N) is 1. The van der Waals surface area contributed by atoms with Gasteiger partial charge < -0.3 is 10.1 Å². The molecule has 0 atom stereocenters. The predicted molar refractivity (Wildman–Crippen MR) is 72.2 cm³/mol. The lowest BCUT2D eigenvalue weighted by Crippen LogP contribution is -2.32. The molecule has 1 saturated carbocycles. The molecule has 1 aliphatic carbocycles. The molecular formula is C15H29NO. The van der Waals surface area contributed by atoms with Gasteiger partial charge >= 0.3 is 0 Å². The van der Waals surface area contributed by atoms with Crippen molar-refractivity contribution in [1.82, 2.24) is 5.32 Å². The van der Waals surface area contributed by atoms with Crippen LogP contribution in [0.4, 0.5) is 0 Å². The van der Waals surface area contributed by atoms with Gasteiger partial charge in [0.1, 0.15) is 0 Å². The van der Waals surface area contributed by atoms with Gasteiger partial charge in [-0.1, -0.05) is 26.2 Å². The quantitative estimate of drug-likeness (QED) is 0.795. The minimum atomic E-state index is 0.871. The SMILES string of the molecule is CCC1CCC(CNCC2CCOCC2)CC1. The molecule has 1 N–H and O–H groups in total. The van der Waals surface area contributed by atoms with Gasteiger partial charge in [0, 0.05) is 13.2 Å². The molecule has 2 aliphatic rings. The van der Waals surface area contributed by atoms with Crippen molar-refractivity contribution in [2.75, 3.05) is 26.3 Å². The largest absolute Gasteiger partial charge is 0.381 e. The van der Waals surface area contributed by atoms with E-state index in [-0.39, 0.29) is 0 Å². The molecule has 2 nitrogen and oxygen atoms in total. The number of rotatable bonds is 5. The van der Waals surface area contributed by atoms with Crippen molar-refractivity contribution in [2.45, 2.75) is 51.9 Å². The third-order valence-electron chi connectivity index (χ3n) is 4.75. The van der Waals surface area contributed by atoms with Crippen molar-refractivity contribution in [2.24, 2.45) is 17.8 Å². The van der Waals surface area contributed by atoms with Crippen LogP contribution in [0.1, 0.15) is 51.9 Å². The first-order chi connectivity index (χ1) is 8.38. The van der Waals surface area contributed by atoms with E-state index in [1.807, 2.05) is 0 Å². The van der Waals surface area contributed by atoms with Gasteiger partial charge in [-0.15, -0.1) is 0 Å². The van der Waals surface area contributed by atoms with Crippen molar-refractivity contribution in [3.8, 4) is 0 Å². The molecule has 0 bridgehead atoms. The molecule has 0 radical (unpaired) electrons. The molecule has 2 heteroatoms. The molecular weight excluding hydrogens is 210 g/mol. The van der Waals surface area contributed by atoms with Gasteiger partial charge in [0.05, 0.1) is 0 Å². The van der Waals surface area contributed by atoms with E-state index in [2.05, 4.69) is 12.2 Å². The standard InChI is InChI=1S/C15H29NO/c1-2-13-3-5-14(6-4-13)11-16-12-15-7-9-17-10-8-15/h13-16H,2-12H2,1H3. The lowest BCUT2D eigenvalue weighted by atomic mass is 9.81. The van der Waals surface area contributed by atoms with E-state index in [1.165, 1.54) is 58.0 Å². The molecule has 17 heavy (non-hydrogen) atoms. The van der Waals surface area contributed by atoms with E-state index < -0.39 is 0 Å². The summed E-state index contributed by atoms with van der Waals surface area (Å²) in [6, 6.07) is 0. The maximum absolute atomic E-state index is 5.39. The summed E-state index contributed by atoms with van der Waals surface area (Å²) < 4.78 is 5.39. The molecule has 1 saturated heterocycles. The Morgan fingerprint density at radius 2 is 1.35 bits per heavy atom. The number of hydrogen-bond acceptors (Lipinski definition) is 2. The van der Waals surface area contributed by atoms with Gasteiger partial charge in [0.2, 0.25) is 0 Å². The minimum absolute atomic E-state index is 0.871. The third-order valence-corrected chi connectivity index (χ3v) is 4.75. The summed E-state index contributed by atoms with van der Waals surface area (Å²) in [5.41, 5.74) is 0. The highest BCUT2D eigenvalue weighted by molar-refractivity contribution is 4.74. The van der Waals surface area contributed by atoms with E-state index in [9.17, 15) is 0 Å². The first kappa shape index (κ1) is 13.4. The highest BCUT2D eigenvalue weighted by Gasteiger charge is 2.20. The summed E-state index contributed by atoms with van der Waals surface area (Å²) in [4.78, 5) is 0. The van der Waals surface area contributed by atoms with Crippen LogP contribution in [0.5, 0.6) is 0 Å². The average molecular weight is 239 g/mol. The summed E-state index contributed by atoms with van der Waals surface area (Å²) in [5.74, 6) is 2.86. The zero-order chi connectivity index (χ0) is 11.9. The Hall–Kier alpha value is -0.0800. The molecule has 0 aromatic rings. The zero-order valence-corrected chi connectivity index (χ0v) is 11.4. The summed E-state index contributed by atoms with van der Waals surface area (Å²) >= 11 is 0. The van der Waals surface area contributed by atoms with Gasteiger partial charge in [0.15, 0.2) is 0 Å². The number of ether oxygens (including phenoxy) is 1. The second-order valence-electron chi connectivity index (χ2n) is 6.01. The normalized spacial score (nSPS) is 31.6. The van der Waals surface area contributed by atoms with Crippen LogP contribution in [0, 0.1) is 17.8 Å². The maximum atomic E-state index is 5.39. The van der Waals surface area contributed by atoms with Gasteiger partial charge in [-0.2, -0.15) is 0 Å². The van der Waals surface area contributed by atoms with E-state index in [0.29, 0.717) is 0 Å². The molecule has 0 aromatic carbocycles. The number of hydrogen-bond donors (Lipinski definition) is 1. The molecule has 0 amide bonds. The van der Waals surface area contributed by atoms with Crippen molar-refractivity contribution in [1.29, 1.82) is 0 Å². The molecule has 1 heterocycles. The Kier molecular flexibility index (Phi) is 5.79. The van der Waals surface area contributed by atoms with E-state index in [0.717, 1.165) is 31.0 Å². The van der Waals surface area contributed by atoms with Crippen LogP contribution in [0.25, 0.3) is 0 Å². The fourth-order valence-corrected chi connectivity index (χ4v) is 3.29. The first-order valence-electron chi connectivity index (χ1n) is 7.67. The van der Waals surface area contributed by atoms with Crippen molar-refractivity contribution in [3.05, 3.63) is 0 Å². The fourth-order valence-electron chi connectivity index (χ4n) is 3.29.